The molecule has 2 rings (SSSR count). The molecule has 0 saturated carbocycles. The molecule has 0 saturated heterocycles. The highest BCUT2D eigenvalue weighted by Crippen LogP contribution is 2.30. The molecule has 144 valence electrons. The number of carbonyl (C=O) groups is 3. The first-order chi connectivity index (χ1) is 12.0. The van der Waals surface area contributed by atoms with Crippen molar-refractivity contribution < 1.29 is 14.4 Å². The average molecular weight is 383 g/mol. The Labute approximate surface area is 159 Å². The monoisotopic (exact) mass is 382 g/mol. The summed E-state index contributed by atoms with van der Waals surface area (Å²) in [6, 6.07) is 5.78. The lowest BCUT2D eigenvalue weighted by Crippen LogP contribution is -2.35. The maximum Gasteiger partial charge on any atom is 0.220 e. The minimum Gasteiger partial charge on any atom is -0.399 e. The smallest absolute Gasteiger partial charge is 0.220 e. The summed E-state index contributed by atoms with van der Waals surface area (Å²) in [6.07, 6.45) is 3.15. The highest BCUT2D eigenvalue weighted by atomic mass is 35.5. The summed E-state index contributed by atoms with van der Waals surface area (Å²) < 4.78 is 0. The van der Waals surface area contributed by atoms with Gasteiger partial charge in [-0.2, -0.15) is 0 Å². The average Bonchev–Trinajstić information content (AvgIpc) is 2.56. The minimum atomic E-state index is -0.197. The van der Waals surface area contributed by atoms with E-state index in [9.17, 15) is 14.4 Å². The number of nitrogens with two attached hydrogens (primary N) is 1. The van der Waals surface area contributed by atoms with Crippen molar-refractivity contribution in [1.82, 2.24) is 16.0 Å². The number of hydrogen-bond acceptors (Lipinski definition) is 4. The van der Waals surface area contributed by atoms with E-state index < -0.39 is 0 Å². The van der Waals surface area contributed by atoms with E-state index in [2.05, 4.69) is 16.0 Å². The van der Waals surface area contributed by atoms with Gasteiger partial charge in [-0.3, -0.25) is 14.4 Å². The summed E-state index contributed by atoms with van der Waals surface area (Å²) in [5, 5.41) is 8.28. The highest BCUT2D eigenvalue weighted by Gasteiger charge is 2.22. The van der Waals surface area contributed by atoms with Gasteiger partial charge in [0.05, 0.1) is 6.04 Å². The molecule has 5 N–H and O–H groups in total. The molecular formula is C18H27ClN4O3. The lowest BCUT2D eigenvalue weighted by molar-refractivity contribution is -0.126. The molecule has 1 aromatic rings. The van der Waals surface area contributed by atoms with Crippen LogP contribution in [0.15, 0.2) is 18.2 Å². The van der Waals surface area contributed by atoms with E-state index in [0.29, 0.717) is 13.1 Å². The molecule has 1 unspecified atom stereocenters. The van der Waals surface area contributed by atoms with Crippen molar-refractivity contribution in [3.63, 3.8) is 0 Å². The second kappa shape index (κ2) is 10.7. The van der Waals surface area contributed by atoms with Crippen LogP contribution in [0.25, 0.3) is 0 Å². The van der Waals surface area contributed by atoms with Crippen LogP contribution in [0, 0.1) is 0 Å². The molecular weight excluding hydrogens is 356 g/mol. The number of anilines is 1. The number of rotatable bonds is 7. The Morgan fingerprint density at radius 1 is 1.12 bits per heavy atom. The lowest BCUT2D eigenvalue weighted by Gasteiger charge is -2.26. The number of carbonyl (C=O) groups excluding carboxylic acids is 3. The molecule has 26 heavy (non-hydrogen) atoms. The second-order valence-corrected chi connectivity index (χ2v) is 6.30. The Morgan fingerprint density at radius 3 is 2.54 bits per heavy atom. The molecule has 7 nitrogen and oxygen atoms in total. The van der Waals surface area contributed by atoms with Crippen LogP contribution in [0.2, 0.25) is 0 Å². The fraction of sp³-hybridized carbons (Fsp3) is 0.500. The van der Waals surface area contributed by atoms with Crippen LogP contribution in [-0.4, -0.2) is 30.8 Å². The molecule has 1 aliphatic rings. The molecule has 0 radical (unpaired) electrons. The number of amides is 3. The van der Waals surface area contributed by atoms with E-state index >= 15 is 0 Å². The van der Waals surface area contributed by atoms with Gasteiger partial charge in [0.1, 0.15) is 0 Å². The Bertz CT molecular complexity index is 651. The van der Waals surface area contributed by atoms with Gasteiger partial charge in [-0.1, -0.05) is 6.07 Å². The molecule has 0 spiro atoms. The third-order valence-electron chi connectivity index (χ3n) is 4.22. The van der Waals surface area contributed by atoms with Crippen LogP contribution in [0.1, 0.15) is 49.8 Å². The van der Waals surface area contributed by atoms with Crippen LogP contribution in [0.4, 0.5) is 5.69 Å². The molecule has 1 atom stereocenters. The molecule has 0 bridgehead atoms. The maximum atomic E-state index is 12.1. The van der Waals surface area contributed by atoms with Crippen molar-refractivity contribution in [1.29, 1.82) is 0 Å². The molecule has 8 heteroatoms. The SMILES string of the molecule is CC(=O)NCCNC(=O)CCC(=O)NC1CCCc2cc(N)ccc21.Cl. The van der Waals surface area contributed by atoms with Crippen LogP contribution in [0.5, 0.6) is 0 Å². The van der Waals surface area contributed by atoms with E-state index in [-0.39, 0.29) is 49.0 Å². The van der Waals surface area contributed by atoms with Gasteiger partial charge in [-0.15, -0.1) is 12.4 Å². The maximum absolute atomic E-state index is 12.1. The molecule has 1 aromatic carbocycles. The first-order valence-corrected chi connectivity index (χ1v) is 8.64. The van der Waals surface area contributed by atoms with Crippen LogP contribution < -0.4 is 21.7 Å². The quantitative estimate of drug-likeness (QED) is 0.419. The van der Waals surface area contributed by atoms with Gasteiger partial charge in [0.2, 0.25) is 17.7 Å². The van der Waals surface area contributed by atoms with Gasteiger partial charge in [0.25, 0.3) is 0 Å². The Hall–Kier alpha value is -2.28. The molecule has 1 aliphatic carbocycles. The zero-order chi connectivity index (χ0) is 18.2. The zero-order valence-corrected chi connectivity index (χ0v) is 15.8. The number of fused-ring (bicyclic) bond motifs is 1. The van der Waals surface area contributed by atoms with E-state index in [4.69, 9.17) is 5.73 Å². The predicted octanol–water partition coefficient (Wildman–Crippen LogP) is 1.22. The predicted molar refractivity (Wildman–Crippen MR) is 103 cm³/mol. The van der Waals surface area contributed by atoms with Gasteiger partial charge in [0, 0.05) is 38.5 Å². The van der Waals surface area contributed by atoms with Crippen molar-refractivity contribution >= 4 is 35.8 Å². The van der Waals surface area contributed by atoms with Crippen molar-refractivity contribution in [2.45, 2.75) is 45.1 Å². The topological polar surface area (TPSA) is 113 Å². The van der Waals surface area contributed by atoms with E-state index in [1.54, 1.807) is 0 Å². The Morgan fingerprint density at radius 2 is 1.81 bits per heavy atom. The molecule has 0 aromatic heterocycles. The summed E-state index contributed by atoms with van der Waals surface area (Å²) in [4.78, 5) is 34.6. The fourth-order valence-electron chi connectivity index (χ4n) is 3.01. The fourth-order valence-corrected chi connectivity index (χ4v) is 3.01. The van der Waals surface area contributed by atoms with Gasteiger partial charge >= 0.3 is 0 Å². The Kier molecular flexibility index (Phi) is 8.92. The van der Waals surface area contributed by atoms with Gasteiger partial charge in [0.15, 0.2) is 0 Å². The second-order valence-electron chi connectivity index (χ2n) is 6.30. The summed E-state index contributed by atoms with van der Waals surface area (Å²) in [5.41, 5.74) is 8.87. The first-order valence-electron chi connectivity index (χ1n) is 8.64. The zero-order valence-electron chi connectivity index (χ0n) is 15.0. The number of nitrogens with one attached hydrogen (secondary N) is 3. The van der Waals surface area contributed by atoms with Crippen LogP contribution in [-0.2, 0) is 20.8 Å². The van der Waals surface area contributed by atoms with E-state index in [0.717, 1.165) is 30.5 Å². The molecule has 0 heterocycles. The van der Waals surface area contributed by atoms with Crippen molar-refractivity contribution in [3.05, 3.63) is 29.3 Å². The normalized spacial score (nSPS) is 15.2. The van der Waals surface area contributed by atoms with Gasteiger partial charge in [-0.25, -0.2) is 0 Å². The number of nitrogen functional groups attached to an aromatic ring is 1. The summed E-state index contributed by atoms with van der Waals surface area (Å²) >= 11 is 0. The van der Waals surface area contributed by atoms with Crippen molar-refractivity contribution in [2.75, 3.05) is 18.8 Å². The Balaban J connectivity index is 0.00000338. The number of halogens is 1. The van der Waals surface area contributed by atoms with Crippen LogP contribution in [0.3, 0.4) is 0 Å². The van der Waals surface area contributed by atoms with Crippen molar-refractivity contribution in [2.24, 2.45) is 0 Å². The third-order valence-corrected chi connectivity index (χ3v) is 4.22. The third kappa shape index (κ3) is 6.92. The summed E-state index contributed by atoms with van der Waals surface area (Å²) in [5.74, 6) is -0.466. The molecule has 0 fully saturated rings. The number of hydrogen-bond donors (Lipinski definition) is 4. The molecule has 0 aliphatic heterocycles. The van der Waals surface area contributed by atoms with Gasteiger partial charge < -0.3 is 21.7 Å². The number of aryl methyl sites for hydroxylation is 1. The first kappa shape index (κ1) is 21.8. The highest BCUT2D eigenvalue weighted by molar-refractivity contribution is 5.85. The molecule has 3 amide bonds. The van der Waals surface area contributed by atoms with Crippen molar-refractivity contribution in [3.8, 4) is 0 Å². The van der Waals surface area contributed by atoms with E-state index in [1.165, 1.54) is 12.5 Å². The standard InChI is InChI=1S/C18H26N4O3.ClH/c1-12(23)20-9-10-21-17(24)7-8-18(25)22-16-4-2-3-13-11-14(19)5-6-15(13)16;/h5-6,11,16H,2-4,7-10,19H2,1H3,(H,20,23)(H,21,24)(H,22,25);1H. The lowest BCUT2D eigenvalue weighted by atomic mass is 9.87. The van der Waals surface area contributed by atoms with Crippen LogP contribution >= 0.6 is 12.4 Å². The largest absolute Gasteiger partial charge is 0.399 e. The van der Waals surface area contributed by atoms with Gasteiger partial charge in [-0.05, 0) is 42.5 Å². The number of benzene rings is 1. The minimum absolute atomic E-state index is 0. The summed E-state index contributed by atoms with van der Waals surface area (Å²) in [6.45, 7) is 2.16. The summed E-state index contributed by atoms with van der Waals surface area (Å²) in [7, 11) is 0. The van der Waals surface area contributed by atoms with E-state index in [1.807, 2.05) is 18.2 Å².